The van der Waals surface area contributed by atoms with E-state index in [9.17, 15) is 15.0 Å². The molecule has 3 heterocycles. The molecule has 0 bridgehead atoms. The molecule has 2 fully saturated rings. The van der Waals surface area contributed by atoms with E-state index >= 15 is 0 Å². The molecule has 0 unspecified atom stereocenters. The number of hydrogen-bond donors (Lipinski definition) is 3. The lowest BCUT2D eigenvalue weighted by Gasteiger charge is -2.30. The first-order valence-corrected chi connectivity index (χ1v) is 10.7. The third-order valence-electron chi connectivity index (χ3n) is 6.31. The fourth-order valence-corrected chi connectivity index (χ4v) is 4.64. The van der Waals surface area contributed by atoms with Crippen molar-refractivity contribution in [2.75, 3.05) is 19.8 Å². The van der Waals surface area contributed by atoms with Gasteiger partial charge in [-0.1, -0.05) is 6.07 Å². The molecule has 1 aromatic carbocycles. The molecular weight excluding hydrogens is 406 g/mol. The van der Waals surface area contributed by atoms with E-state index in [0.717, 1.165) is 56.5 Å². The number of aliphatic hydroxyl groups excluding tert-OH is 2. The first kappa shape index (κ1) is 23.2. The second kappa shape index (κ2) is 10.2. The van der Waals surface area contributed by atoms with Gasteiger partial charge in [0.2, 0.25) is 0 Å². The van der Waals surface area contributed by atoms with E-state index in [4.69, 9.17) is 4.74 Å². The Morgan fingerprint density at radius 2 is 2.07 bits per heavy atom. The summed E-state index contributed by atoms with van der Waals surface area (Å²) in [5.74, 6) is 0.407. The molecule has 2 aliphatic rings. The summed E-state index contributed by atoms with van der Waals surface area (Å²) >= 11 is 0. The van der Waals surface area contributed by atoms with Crippen molar-refractivity contribution in [3.8, 4) is 0 Å². The van der Waals surface area contributed by atoms with Crippen LogP contribution in [0.1, 0.15) is 49.1 Å². The number of halogens is 1. The minimum atomic E-state index is -0.725. The zero-order valence-corrected chi connectivity index (χ0v) is 18.2. The van der Waals surface area contributed by atoms with Crippen LogP contribution in [0.4, 0.5) is 0 Å². The van der Waals surface area contributed by atoms with Crippen LogP contribution in [0.2, 0.25) is 0 Å². The van der Waals surface area contributed by atoms with Gasteiger partial charge in [-0.3, -0.25) is 9.36 Å². The molecule has 30 heavy (non-hydrogen) atoms. The molecule has 3 N–H and O–H groups in total. The van der Waals surface area contributed by atoms with Crippen LogP contribution in [0.5, 0.6) is 0 Å². The highest BCUT2D eigenvalue weighted by molar-refractivity contribution is 5.85. The van der Waals surface area contributed by atoms with Crippen LogP contribution in [-0.4, -0.2) is 57.8 Å². The minimum Gasteiger partial charge on any atom is -0.392 e. The maximum atomic E-state index is 13.1. The van der Waals surface area contributed by atoms with Gasteiger partial charge in [-0.25, -0.2) is 4.98 Å². The Balaban J connectivity index is 0.00000256. The normalized spacial score (nSPS) is 23.8. The van der Waals surface area contributed by atoms with E-state index in [0.29, 0.717) is 17.7 Å². The van der Waals surface area contributed by atoms with E-state index in [1.807, 2.05) is 13.0 Å². The van der Waals surface area contributed by atoms with Crippen LogP contribution < -0.4 is 10.9 Å². The second-order valence-electron chi connectivity index (χ2n) is 8.48. The fraction of sp³-hybridized carbons (Fsp3) is 0.636. The molecule has 4 rings (SSSR count). The summed E-state index contributed by atoms with van der Waals surface area (Å²) in [6, 6.07) is 3.98. The third kappa shape index (κ3) is 5.03. The molecule has 0 saturated carbocycles. The van der Waals surface area contributed by atoms with Crippen molar-refractivity contribution in [1.82, 2.24) is 14.9 Å². The molecular formula is C22H32ClN3O4. The summed E-state index contributed by atoms with van der Waals surface area (Å²) in [7, 11) is 0. The van der Waals surface area contributed by atoms with E-state index < -0.39 is 12.2 Å². The highest BCUT2D eigenvalue weighted by Crippen LogP contribution is 2.29. The monoisotopic (exact) mass is 437 g/mol. The zero-order valence-electron chi connectivity index (χ0n) is 17.4. The predicted octanol–water partition coefficient (Wildman–Crippen LogP) is 1.88. The Hall–Kier alpha value is -1.51. The topological polar surface area (TPSA) is 96.6 Å². The Labute approximate surface area is 182 Å². The Bertz CT molecular complexity index is 913. The molecule has 0 amide bonds. The van der Waals surface area contributed by atoms with Crippen molar-refractivity contribution in [3.05, 3.63) is 39.9 Å². The van der Waals surface area contributed by atoms with Gasteiger partial charge in [-0.15, -0.1) is 12.4 Å². The largest absolute Gasteiger partial charge is 0.392 e. The number of rotatable bonds is 5. The van der Waals surface area contributed by atoms with Crippen molar-refractivity contribution >= 4 is 23.3 Å². The smallest absolute Gasteiger partial charge is 0.261 e. The first-order chi connectivity index (χ1) is 14.0. The SMILES string of the molecule is Cc1cc(C2CCOCC2)cc2c(=O)n(C[C@@H](O)C[C@H]3NCCC[C@@H]3O)cnc12.Cl. The number of nitrogens with zero attached hydrogens (tertiary/aromatic N) is 2. The van der Waals surface area contributed by atoms with Crippen LogP contribution >= 0.6 is 12.4 Å². The van der Waals surface area contributed by atoms with Crippen LogP contribution in [-0.2, 0) is 11.3 Å². The van der Waals surface area contributed by atoms with Crippen molar-refractivity contribution in [2.45, 2.75) is 69.7 Å². The molecule has 2 saturated heterocycles. The van der Waals surface area contributed by atoms with Crippen molar-refractivity contribution < 1.29 is 14.9 Å². The average molecular weight is 438 g/mol. The van der Waals surface area contributed by atoms with Crippen molar-refractivity contribution in [2.24, 2.45) is 0 Å². The Kier molecular flexibility index (Phi) is 7.87. The van der Waals surface area contributed by atoms with Crippen LogP contribution in [0.3, 0.4) is 0 Å². The summed E-state index contributed by atoms with van der Waals surface area (Å²) in [5.41, 5.74) is 2.78. The lowest BCUT2D eigenvalue weighted by Crippen LogP contribution is -2.47. The van der Waals surface area contributed by atoms with Crippen molar-refractivity contribution in [3.63, 3.8) is 0 Å². The van der Waals surface area contributed by atoms with Crippen LogP contribution in [0, 0.1) is 6.92 Å². The Morgan fingerprint density at radius 1 is 1.30 bits per heavy atom. The minimum absolute atomic E-state index is 0. The number of aliphatic hydroxyl groups is 2. The number of piperidine rings is 1. The van der Waals surface area contributed by atoms with E-state index in [1.165, 1.54) is 16.5 Å². The van der Waals surface area contributed by atoms with Gasteiger partial charge in [0.1, 0.15) is 0 Å². The fourth-order valence-electron chi connectivity index (χ4n) is 4.64. The maximum Gasteiger partial charge on any atom is 0.261 e. The molecule has 0 spiro atoms. The molecule has 0 aliphatic carbocycles. The van der Waals surface area contributed by atoms with Gasteiger partial charge >= 0.3 is 0 Å². The zero-order chi connectivity index (χ0) is 20.4. The molecule has 1 aromatic heterocycles. The van der Waals surface area contributed by atoms with E-state index in [-0.39, 0.29) is 30.6 Å². The maximum absolute atomic E-state index is 13.1. The summed E-state index contributed by atoms with van der Waals surface area (Å²) < 4.78 is 6.96. The molecule has 8 heteroatoms. The van der Waals surface area contributed by atoms with Gasteiger partial charge in [-0.2, -0.15) is 0 Å². The molecule has 2 aliphatic heterocycles. The number of aryl methyl sites for hydroxylation is 1. The van der Waals surface area contributed by atoms with E-state index in [1.54, 1.807) is 0 Å². The summed E-state index contributed by atoms with van der Waals surface area (Å²) in [6.07, 6.45) is 4.38. The highest BCUT2D eigenvalue weighted by atomic mass is 35.5. The predicted molar refractivity (Wildman–Crippen MR) is 118 cm³/mol. The lowest BCUT2D eigenvalue weighted by atomic mass is 9.89. The van der Waals surface area contributed by atoms with Gasteiger partial charge in [0.15, 0.2) is 0 Å². The highest BCUT2D eigenvalue weighted by Gasteiger charge is 2.25. The van der Waals surface area contributed by atoms with Crippen LogP contribution in [0.15, 0.2) is 23.3 Å². The van der Waals surface area contributed by atoms with Gasteiger partial charge in [0.05, 0.1) is 36.0 Å². The lowest BCUT2D eigenvalue weighted by molar-refractivity contribution is 0.0539. The molecule has 2 aromatic rings. The average Bonchev–Trinajstić information content (AvgIpc) is 2.72. The van der Waals surface area contributed by atoms with Gasteiger partial charge in [-0.05, 0) is 68.7 Å². The molecule has 7 nitrogen and oxygen atoms in total. The van der Waals surface area contributed by atoms with Gasteiger partial charge < -0.3 is 20.3 Å². The first-order valence-electron chi connectivity index (χ1n) is 10.7. The molecule has 3 atom stereocenters. The van der Waals surface area contributed by atoms with Crippen LogP contribution in [0.25, 0.3) is 10.9 Å². The van der Waals surface area contributed by atoms with Crippen molar-refractivity contribution in [1.29, 1.82) is 0 Å². The van der Waals surface area contributed by atoms with Gasteiger partial charge in [0.25, 0.3) is 5.56 Å². The number of hydrogen-bond acceptors (Lipinski definition) is 6. The third-order valence-corrected chi connectivity index (χ3v) is 6.31. The summed E-state index contributed by atoms with van der Waals surface area (Å²) in [4.78, 5) is 17.6. The number of fused-ring (bicyclic) bond motifs is 1. The summed E-state index contributed by atoms with van der Waals surface area (Å²) in [5, 5.41) is 24.5. The summed E-state index contributed by atoms with van der Waals surface area (Å²) in [6.45, 7) is 4.53. The Morgan fingerprint density at radius 3 is 2.80 bits per heavy atom. The number of aromatic nitrogens is 2. The van der Waals surface area contributed by atoms with E-state index in [2.05, 4.69) is 16.4 Å². The quantitative estimate of drug-likeness (QED) is 0.661. The van der Waals surface area contributed by atoms with Gasteiger partial charge in [0, 0.05) is 19.3 Å². The molecule has 166 valence electrons. The number of benzene rings is 1. The number of ether oxygens (including phenoxy) is 1. The number of nitrogens with one attached hydrogen (secondary N) is 1. The second-order valence-corrected chi connectivity index (χ2v) is 8.48. The molecule has 0 radical (unpaired) electrons. The standard InChI is InChI=1S/C22H31N3O4.ClH/c1-14-9-16(15-4-7-29-8-5-15)10-18-21(14)24-13-25(22(18)28)12-17(26)11-19-20(27)3-2-6-23-19;/h9-10,13,15,17,19-20,23,26-27H,2-8,11-12H2,1H3;1H/t17-,19+,20-;/m0./s1.